The summed E-state index contributed by atoms with van der Waals surface area (Å²) in [5.74, 6) is -0.138. The number of pyridine rings is 1. The summed E-state index contributed by atoms with van der Waals surface area (Å²) in [6.07, 6.45) is 5.34. The van der Waals surface area contributed by atoms with Crippen LogP contribution in [-0.2, 0) is 21.2 Å². The molecule has 1 N–H and O–H groups in total. The molecule has 162 valence electrons. The van der Waals surface area contributed by atoms with Gasteiger partial charge in [-0.3, -0.25) is 9.78 Å². The number of amides is 1. The Bertz CT molecular complexity index is 985. The smallest absolute Gasteiger partial charge is 0.243 e. The van der Waals surface area contributed by atoms with E-state index in [9.17, 15) is 13.2 Å². The summed E-state index contributed by atoms with van der Waals surface area (Å²) in [6.45, 7) is 8.94. The van der Waals surface area contributed by atoms with E-state index < -0.39 is 10.0 Å². The lowest BCUT2D eigenvalue weighted by Gasteiger charge is -2.31. The second-order valence-electron chi connectivity index (χ2n) is 8.17. The maximum atomic E-state index is 13.4. The Labute approximate surface area is 179 Å². The van der Waals surface area contributed by atoms with Crippen LogP contribution in [0.4, 0.5) is 0 Å². The number of rotatable bonds is 6. The molecule has 30 heavy (non-hydrogen) atoms. The molecular formula is C23H31N3O3S. The molecule has 0 unspecified atom stereocenters. The summed E-state index contributed by atoms with van der Waals surface area (Å²) in [4.78, 5) is 17.0. The molecule has 7 heteroatoms. The number of sulfonamides is 1. The van der Waals surface area contributed by atoms with Crippen molar-refractivity contribution in [1.29, 1.82) is 0 Å². The first-order valence-electron chi connectivity index (χ1n) is 10.5. The minimum Gasteiger partial charge on any atom is -0.356 e. The first-order valence-corrected chi connectivity index (χ1v) is 11.9. The van der Waals surface area contributed by atoms with Crippen LogP contribution in [0.2, 0.25) is 0 Å². The Balaban J connectivity index is 1.60. The molecule has 2 heterocycles. The molecule has 1 amide bonds. The van der Waals surface area contributed by atoms with Crippen molar-refractivity contribution in [3.8, 4) is 0 Å². The first-order chi connectivity index (χ1) is 14.2. The molecule has 0 radical (unpaired) electrons. The predicted octanol–water partition coefficient (Wildman–Crippen LogP) is 3.07. The fourth-order valence-corrected chi connectivity index (χ4v) is 6.12. The fourth-order valence-electron chi connectivity index (χ4n) is 4.08. The summed E-state index contributed by atoms with van der Waals surface area (Å²) in [5.41, 5.74) is 4.68. The van der Waals surface area contributed by atoms with Gasteiger partial charge in [-0.25, -0.2) is 8.42 Å². The number of aromatic nitrogens is 1. The van der Waals surface area contributed by atoms with Crippen LogP contribution in [0.25, 0.3) is 0 Å². The predicted molar refractivity (Wildman–Crippen MR) is 118 cm³/mol. The van der Waals surface area contributed by atoms with Gasteiger partial charge in [0.15, 0.2) is 0 Å². The van der Waals surface area contributed by atoms with E-state index in [1.807, 2.05) is 45.9 Å². The van der Waals surface area contributed by atoms with Crippen LogP contribution in [0, 0.1) is 33.6 Å². The standard InChI is InChI=1S/C23H31N3O3S/c1-16-14-17(2)19(4)22(18(16)3)30(28,29)26-12-8-21(9-13-26)23(27)25-11-7-20-6-5-10-24-15-20/h5-6,10,14-15,21H,7-9,11-13H2,1-4H3,(H,25,27). The van der Waals surface area contributed by atoms with Gasteiger partial charge in [0.05, 0.1) is 4.90 Å². The van der Waals surface area contributed by atoms with Crippen molar-refractivity contribution in [1.82, 2.24) is 14.6 Å². The number of benzene rings is 1. The molecule has 1 aliphatic heterocycles. The van der Waals surface area contributed by atoms with Crippen LogP contribution < -0.4 is 5.32 Å². The molecule has 1 saturated heterocycles. The van der Waals surface area contributed by atoms with E-state index >= 15 is 0 Å². The van der Waals surface area contributed by atoms with Crippen LogP contribution in [0.5, 0.6) is 0 Å². The molecule has 6 nitrogen and oxygen atoms in total. The Kier molecular flexibility index (Phi) is 6.93. The number of piperidine rings is 1. The van der Waals surface area contributed by atoms with E-state index in [1.54, 1.807) is 16.7 Å². The maximum absolute atomic E-state index is 13.4. The van der Waals surface area contributed by atoms with E-state index in [4.69, 9.17) is 0 Å². The van der Waals surface area contributed by atoms with Crippen molar-refractivity contribution >= 4 is 15.9 Å². The highest BCUT2D eigenvalue weighted by molar-refractivity contribution is 7.89. The zero-order chi connectivity index (χ0) is 21.9. The number of nitrogens with zero attached hydrogens (tertiary/aromatic N) is 2. The SMILES string of the molecule is Cc1cc(C)c(C)c(S(=O)(=O)N2CCC(C(=O)NCCc3cccnc3)CC2)c1C. The van der Waals surface area contributed by atoms with E-state index in [0.717, 1.165) is 34.2 Å². The molecule has 0 bridgehead atoms. The zero-order valence-corrected chi connectivity index (χ0v) is 19.1. The number of hydrogen-bond donors (Lipinski definition) is 1. The van der Waals surface area contributed by atoms with Gasteiger partial charge in [-0.2, -0.15) is 4.31 Å². The van der Waals surface area contributed by atoms with Crippen LogP contribution in [0.3, 0.4) is 0 Å². The van der Waals surface area contributed by atoms with Crippen molar-refractivity contribution in [3.63, 3.8) is 0 Å². The summed E-state index contributed by atoms with van der Waals surface area (Å²) in [6, 6.07) is 5.90. The highest BCUT2D eigenvalue weighted by Crippen LogP contribution is 2.31. The summed E-state index contributed by atoms with van der Waals surface area (Å²) in [5, 5.41) is 2.98. The van der Waals surface area contributed by atoms with Gasteiger partial charge in [0, 0.05) is 37.9 Å². The number of carbonyl (C=O) groups is 1. The van der Waals surface area contributed by atoms with Crippen molar-refractivity contribution in [2.75, 3.05) is 19.6 Å². The minimum atomic E-state index is -3.58. The Morgan fingerprint density at radius 2 is 1.77 bits per heavy atom. The van der Waals surface area contributed by atoms with Gasteiger partial charge in [-0.1, -0.05) is 12.1 Å². The Morgan fingerprint density at radius 1 is 1.13 bits per heavy atom. The Morgan fingerprint density at radius 3 is 2.33 bits per heavy atom. The highest BCUT2D eigenvalue weighted by atomic mass is 32.2. The number of hydrogen-bond acceptors (Lipinski definition) is 4. The topological polar surface area (TPSA) is 79.4 Å². The van der Waals surface area contributed by atoms with E-state index in [1.165, 1.54) is 0 Å². The van der Waals surface area contributed by atoms with Gasteiger partial charge >= 0.3 is 0 Å². The van der Waals surface area contributed by atoms with Crippen LogP contribution in [0.1, 0.15) is 40.7 Å². The molecule has 3 rings (SSSR count). The monoisotopic (exact) mass is 429 g/mol. The fraction of sp³-hybridized carbons (Fsp3) is 0.478. The molecule has 2 aromatic rings. The number of nitrogens with one attached hydrogen (secondary N) is 1. The lowest BCUT2D eigenvalue weighted by molar-refractivity contribution is -0.126. The number of aryl methyl sites for hydroxylation is 2. The normalized spacial score (nSPS) is 15.9. The van der Waals surface area contributed by atoms with Gasteiger partial charge in [0.2, 0.25) is 15.9 Å². The van der Waals surface area contributed by atoms with Crippen molar-refractivity contribution in [2.45, 2.75) is 51.9 Å². The summed E-state index contributed by atoms with van der Waals surface area (Å²) >= 11 is 0. The van der Waals surface area contributed by atoms with Gasteiger partial charge < -0.3 is 5.32 Å². The number of carbonyl (C=O) groups excluding carboxylic acids is 1. The minimum absolute atomic E-state index is 0.00898. The third-order valence-electron chi connectivity index (χ3n) is 6.16. The molecule has 1 fully saturated rings. The van der Waals surface area contributed by atoms with Crippen molar-refractivity contribution in [2.24, 2.45) is 5.92 Å². The van der Waals surface area contributed by atoms with Crippen molar-refractivity contribution in [3.05, 3.63) is 58.4 Å². The summed E-state index contributed by atoms with van der Waals surface area (Å²) in [7, 11) is -3.58. The van der Waals surface area contributed by atoms with Gasteiger partial charge in [-0.15, -0.1) is 0 Å². The van der Waals surface area contributed by atoms with Gasteiger partial charge in [-0.05, 0) is 80.8 Å². The molecule has 1 aliphatic rings. The van der Waals surface area contributed by atoms with E-state index in [0.29, 0.717) is 37.4 Å². The largest absolute Gasteiger partial charge is 0.356 e. The van der Waals surface area contributed by atoms with Crippen LogP contribution in [0.15, 0.2) is 35.5 Å². The molecule has 0 spiro atoms. The van der Waals surface area contributed by atoms with Gasteiger partial charge in [0.1, 0.15) is 0 Å². The third-order valence-corrected chi connectivity index (χ3v) is 8.33. The van der Waals surface area contributed by atoms with Gasteiger partial charge in [0.25, 0.3) is 0 Å². The average molecular weight is 430 g/mol. The zero-order valence-electron chi connectivity index (χ0n) is 18.2. The average Bonchev–Trinajstić information content (AvgIpc) is 2.73. The molecule has 0 aliphatic carbocycles. The molecular weight excluding hydrogens is 398 g/mol. The highest BCUT2D eigenvalue weighted by Gasteiger charge is 2.34. The lowest BCUT2D eigenvalue weighted by Crippen LogP contribution is -2.43. The van der Waals surface area contributed by atoms with E-state index in [-0.39, 0.29) is 11.8 Å². The molecule has 0 atom stereocenters. The molecule has 1 aromatic carbocycles. The summed E-state index contributed by atoms with van der Waals surface area (Å²) < 4.78 is 28.3. The lowest BCUT2D eigenvalue weighted by atomic mass is 9.97. The van der Waals surface area contributed by atoms with Crippen LogP contribution in [-0.4, -0.2) is 43.2 Å². The van der Waals surface area contributed by atoms with Crippen molar-refractivity contribution < 1.29 is 13.2 Å². The quantitative estimate of drug-likeness (QED) is 0.765. The molecule has 1 aromatic heterocycles. The van der Waals surface area contributed by atoms with Crippen LogP contribution >= 0.6 is 0 Å². The second-order valence-corrected chi connectivity index (χ2v) is 10.0. The van der Waals surface area contributed by atoms with E-state index in [2.05, 4.69) is 10.3 Å². The second kappa shape index (κ2) is 9.27. The third kappa shape index (κ3) is 4.73. The first kappa shape index (κ1) is 22.4. The maximum Gasteiger partial charge on any atom is 0.243 e. The molecule has 0 saturated carbocycles. The Hall–Kier alpha value is -2.25.